The molecule has 6 heteroatoms. The molecule has 1 aromatic rings. The smallest absolute Gasteiger partial charge is 0.430 e. The van der Waals surface area contributed by atoms with Crippen LogP contribution >= 0.6 is 0 Å². The molecule has 0 bridgehead atoms. The lowest BCUT2D eigenvalue weighted by Crippen LogP contribution is -2.10. The van der Waals surface area contributed by atoms with Crippen molar-refractivity contribution in [1.29, 1.82) is 0 Å². The van der Waals surface area contributed by atoms with Gasteiger partial charge in [-0.15, -0.1) is 0 Å². The third kappa shape index (κ3) is 7.42. The minimum atomic E-state index is -0.829. The van der Waals surface area contributed by atoms with Crippen LogP contribution in [0.4, 0.5) is 10.5 Å². The van der Waals surface area contributed by atoms with Gasteiger partial charge < -0.3 is 9.47 Å². The molecule has 0 aliphatic carbocycles. The summed E-state index contributed by atoms with van der Waals surface area (Å²) >= 11 is 0. The Kier molecular flexibility index (Phi) is 8.33. The van der Waals surface area contributed by atoms with Crippen LogP contribution in [0.5, 0.6) is 5.75 Å². The quantitative estimate of drug-likeness (QED) is 0.166. The SMILES string of the molecule is CCCCCC/C=C\COC(=O)Oc1ccc([N+](=O)[O-])cc1. The van der Waals surface area contributed by atoms with E-state index in [2.05, 4.69) is 6.92 Å². The van der Waals surface area contributed by atoms with Gasteiger partial charge in [0, 0.05) is 12.1 Å². The van der Waals surface area contributed by atoms with Gasteiger partial charge >= 0.3 is 6.16 Å². The summed E-state index contributed by atoms with van der Waals surface area (Å²) in [6.07, 6.45) is 8.71. The normalized spacial score (nSPS) is 10.6. The maximum atomic E-state index is 11.4. The minimum absolute atomic E-state index is 0.0632. The van der Waals surface area contributed by atoms with Crippen LogP contribution in [0.15, 0.2) is 36.4 Å². The third-order valence-corrected chi connectivity index (χ3v) is 2.94. The molecule has 0 aliphatic rings. The summed E-state index contributed by atoms with van der Waals surface area (Å²) < 4.78 is 9.76. The van der Waals surface area contributed by atoms with Crippen molar-refractivity contribution < 1.29 is 19.2 Å². The van der Waals surface area contributed by atoms with Gasteiger partial charge in [-0.2, -0.15) is 0 Å². The molecular weight excluding hydrogens is 286 g/mol. The Labute approximate surface area is 129 Å². The zero-order valence-corrected chi connectivity index (χ0v) is 12.7. The molecule has 6 nitrogen and oxygen atoms in total. The van der Waals surface area contributed by atoms with Gasteiger partial charge in [0.2, 0.25) is 0 Å². The van der Waals surface area contributed by atoms with E-state index in [1.165, 1.54) is 43.5 Å². The van der Waals surface area contributed by atoms with Crippen molar-refractivity contribution in [2.45, 2.75) is 39.0 Å². The number of nitro benzene ring substituents is 1. The number of nitro groups is 1. The Morgan fingerprint density at radius 3 is 2.55 bits per heavy atom. The van der Waals surface area contributed by atoms with Crippen LogP contribution < -0.4 is 4.74 Å². The average molecular weight is 307 g/mol. The summed E-state index contributed by atoms with van der Waals surface area (Å²) in [5.74, 6) is 0.208. The molecule has 0 aromatic heterocycles. The number of hydrogen-bond donors (Lipinski definition) is 0. The van der Waals surface area contributed by atoms with E-state index in [1.54, 1.807) is 6.08 Å². The lowest BCUT2D eigenvalue weighted by atomic mass is 10.1. The molecule has 0 spiro atoms. The summed E-state index contributed by atoms with van der Waals surface area (Å²) in [7, 11) is 0. The van der Waals surface area contributed by atoms with E-state index < -0.39 is 11.1 Å². The van der Waals surface area contributed by atoms with Gasteiger partial charge in [-0.1, -0.05) is 38.3 Å². The lowest BCUT2D eigenvalue weighted by molar-refractivity contribution is -0.384. The number of benzene rings is 1. The monoisotopic (exact) mass is 307 g/mol. The van der Waals surface area contributed by atoms with Crippen molar-refractivity contribution in [3.05, 3.63) is 46.5 Å². The van der Waals surface area contributed by atoms with Crippen LogP contribution in [0.1, 0.15) is 39.0 Å². The van der Waals surface area contributed by atoms with Crippen molar-refractivity contribution in [2.75, 3.05) is 6.61 Å². The first-order chi connectivity index (χ1) is 10.6. The van der Waals surface area contributed by atoms with Crippen molar-refractivity contribution >= 4 is 11.8 Å². The molecule has 0 aliphatic heterocycles. The number of allylic oxidation sites excluding steroid dienone is 1. The van der Waals surface area contributed by atoms with E-state index in [4.69, 9.17) is 9.47 Å². The predicted octanol–water partition coefficient (Wildman–Crippen LogP) is 4.64. The summed E-state index contributed by atoms with van der Waals surface area (Å²) in [5, 5.41) is 10.5. The fraction of sp³-hybridized carbons (Fsp3) is 0.438. The van der Waals surface area contributed by atoms with E-state index in [-0.39, 0.29) is 18.0 Å². The first-order valence-electron chi connectivity index (χ1n) is 7.37. The molecule has 0 atom stereocenters. The number of unbranched alkanes of at least 4 members (excludes halogenated alkanes) is 4. The minimum Gasteiger partial charge on any atom is -0.430 e. The summed E-state index contributed by atoms with van der Waals surface area (Å²) in [4.78, 5) is 21.4. The van der Waals surface area contributed by atoms with Crippen LogP contribution in [-0.2, 0) is 4.74 Å². The van der Waals surface area contributed by atoms with Gasteiger partial charge in [0.15, 0.2) is 0 Å². The Morgan fingerprint density at radius 1 is 1.18 bits per heavy atom. The third-order valence-electron chi connectivity index (χ3n) is 2.94. The predicted molar refractivity (Wildman–Crippen MR) is 83.0 cm³/mol. The summed E-state index contributed by atoms with van der Waals surface area (Å²) in [5.41, 5.74) is -0.0632. The largest absolute Gasteiger partial charge is 0.514 e. The molecule has 120 valence electrons. The van der Waals surface area contributed by atoms with Crippen molar-refractivity contribution in [3.63, 3.8) is 0 Å². The van der Waals surface area contributed by atoms with Crippen LogP contribution in [-0.4, -0.2) is 17.7 Å². The summed E-state index contributed by atoms with van der Waals surface area (Å²) in [6, 6.07) is 5.23. The number of hydrogen-bond acceptors (Lipinski definition) is 5. The first kappa shape index (κ1) is 17.7. The fourth-order valence-electron chi connectivity index (χ4n) is 1.75. The number of carbonyl (C=O) groups excluding carboxylic acids is 1. The Morgan fingerprint density at radius 2 is 1.91 bits per heavy atom. The molecule has 0 saturated heterocycles. The topological polar surface area (TPSA) is 78.7 Å². The molecule has 0 fully saturated rings. The van der Waals surface area contributed by atoms with Crippen LogP contribution in [0.25, 0.3) is 0 Å². The highest BCUT2D eigenvalue weighted by molar-refractivity contribution is 5.64. The number of rotatable bonds is 9. The highest BCUT2D eigenvalue weighted by Crippen LogP contribution is 2.17. The van der Waals surface area contributed by atoms with Gasteiger partial charge in [0.1, 0.15) is 12.4 Å². The molecule has 22 heavy (non-hydrogen) atoms. The first-order valence-corrected chi connectivity index (χ1v) is 7.37. The maximum Gasteiger partial charge on any atom is 0.514 e. The van der Waals surface area contributed by atoms with Crippen molar-refractivity contribution in [1.82, 2.24) is 0 Å². The van der Waals surface area contributed by atoms with E-state index >= 15 is 0 Å². The molecule has 1 aromatic carbocycles. The standard InChI is InChI=1S/C16H21NO5/c1-2-3-4-5-6-7-8-13-21-16(18)22-15-11-9-14(10-12-15)17(19)20/h7-12H,2-6,13H2,1H3/b8-7-. The molecular formula is C16H21NO5. The van der Waals surface area contributed by atoms with E-state index in [9.17, 15) is 14.9 Å². The zero-order chi connectivity index (χ0) is 16.2. The molecule has 1 rings (SSSR count). The highest BCUT2D eigenvalue weighted by Gasteiger charge is 2.08. The number of non-ortho nitro benzene ring substituents is 1. The molecule has 0 saturated carbocycles. The molecule has 0 amide bonds. The molecule has 0 heterocycles. The van der Waals surface area contributed by atoms with Gasteiger partial charge in [0.05, 0.1) is 4.92 Å². The van der Waals surface area contributed by atoms with Crippen LogP contribution in [0.3, 0.4) is 0 Å². The van der Waals surface area contributed by atoms with Gasteiger partial charge in [-0.05, 0) is 25.0 Å². The summed E-state index contributed by atoms with van der Waals surface area (Å²) in [6.45, 7) is 2.32. The van der Waals surface area contributed by atoms with Crippen LogP contribution in [0, 0.1) is 10.1 Å². The zero-order valence-electron chi connectivity index (χ0n) is 12.7. The fourth-order valence-corrected chi connectivity index (χ4v) is 1.75. The maximum absolute atomic E-state index is 11.4. The van der Waals surface area contributed by atoms with E-state index in [0.717, 1.165) is 12.8 Å². The second-order valence-electron chi connectivity index (χ2n) is 4.73. The van der Waals surface area contributed by atoms with Crippen molar-refractivity contribution in [2.24, 2.45) is 0 Å². The second kappa shape index (κ2) is 10.4. The number of carbonyl (C=O) groups is 1. The number of nitrogens with zero attached hydrogens (tertiary/aromatic N) is 1. The van der Waals surface area contributed by atoms with Gasteiger partial charge in [-0.25, -0.2) is 4.79 Å². The Hall–Kier alpha value is -2.37. The Balaban J connectivity index is 2.20. The highest BCUT2D eigenvalue weighted by atomic mass is 16.7. The Bertz CT molecular complexity index is 496. The molecule has 0 radical (unpaired) electrons. The molecule has 0 N–H and O–H groups in total. The van der Waals surface area contributed by atoms with E-state index in [0.29, 0.717) is 0 Å². The lowest BCUT2D eigenvalue weighted by Gasteiger charge is -2.03. The van der Waals surface area contributed by atoms with Gasteiger partial charge in [0.25, 0.3) is 5.69 Å². The molecule has 0 unspecified atom stereocenters. The van der Waals surface area contributed by atoms with Crippen molar-refractivity contribution in [3.8, 4) is 5.75 Å². The second-order valence-corrected chi connectivity index (χ2v) is 4.73. The van der Waals surface area contributed by atoms with Crippen LogP contribution in [0.2, 0.25) is 0 Å². The average Bonchev–Trinajstić information content (AvgIpc) is 2.50. The number of ether oxygens (including phenoxy) is 2. The van der Waals surface area contributed by atoms with E-state index in [1.807, 2.05) is 6.08 Å². The van der Waals surface area contributed by atoms with Gasteiger partial charge in [-0.3, -0.25) is 10.1 Å².